The van der Waals surface area contributed by atoms with Gasteiger partial charge in [0.15, 0.2) is 0 Å². The molecule has 0 aromatic heterocycles. The molecule has 0 unspecified atom stereocenters. The van der Waals surface area contributed by atoms with Crippen LogP contribution in [0.5, 0.6) is 0 Å². The highest BCUT2D eigenvalue weighted by molar-refractivity contribution is 6.40. The van der Waals surface area contributed by atoms with Gasteiger partial charge >= 0.3 is 0 Å². The number of nitrogens with two attached hydrogens (primary N) is 1. The van der Waals surface area contributed by atoms with Gasteiger partial charge in [-0.05, 0) is 19.1 Å². The van der Waals surface area contributed by atoms with Crippen LogP contribution in [0, 0.1) is 0 Å². The maximum Gasteiger partial charge on any atom is 0.291 e. The maximum absolute atomic E-state index is 11.8. The number of rotatable bonds is 5. The average Bonchev–Trinajstić information content (AvgIpc) is 2.91. The quantitative estimate of drug-likeness (QED) is 0.749. The molecule has 7 nitrogen and oxygen atoms in total. The van der Waals surface area contributed by atoms with Gasteiger partial charge in [-0.1, -0.05) is 18.2 Å². The number of anilines is 1. The van der Waals surface area contributed by atoms with Crippen LogP contribution in [-0.4, -0.2) is 30.2 Å². The molecule has 1 aliphatic heterocycles. The van der Waals surface area contributed by atoms with E-state index in [-0.39, 0.29) is 12.1 Å². The minimum atomic E-state index is -0.667. The van der Waals surface area contributed by atoms with E-state index in [1.807, 2.05) is 18.2 Å². The molecule has 1 aromatic carbocycles. The number of benzene rings is 1. The predicted octanol–water partition coefficient (Wildman–Crippen LogP) is 0.174. The molecule has 0 bridgehead atoms. The summed E-state index contributed by atoms with van der Waals surface area (Å²) in [6, 6.07) is 8.42. The van der Waals surface area contributed by atoms with Gasteiger partial charge in [-0.15, -0.1) is 0 Å². The third-order valence-corrected chi connectivity index (χ3v) is 2.83. The monoisotopic (exact) mass is 276 g/mol. The molecule has 106 valence electrons. The van der Waals surface area contributed by atoms with Crippen LogP contribution >= 0.6 is 0 Å². The molecule has 20 heavy (non-hydrogen) atoms. The first kappa shape index (κ1) is 14.0. The Balaban J connectivity index is 2.21. The lowest BCUT2D eigenvalue weighted by atomic mass is 10.1. The Labute approximate surface area is 116 Å². The number of hydroxylamine groups is 1. The number of carbonyl (C=O) groups excluding carboxylic acids is 2. The number of hydrazone groups is 1. The molecule has 0 saturated heterocycles. The molecular weight excluding hydrogens is 260 g/mol. The largest absolute Gasteiger partial charge is 0.368 e. The van der Waals surface area contributed by atoms with Crippen LogP contribution in [0.25, 0.3) is 0 Å². The van der Waals surface area contributed by atoms with E-state index >= 15 is 0 Å². The molecule has 0 fully saturated rings. The lowest BCUT2D eigenvalue weighted by molar-refractivity contribution is -0.126. The summed E-state index contributed by atoms with van der Waals surface area (Å²) >= 11 is 0. The average molecular weight is 276 g/mol. The van der Waals surface area contributed by atoms with Gasteiger partial charge in [0.05, 0.1) is 12.3 Å². The molecular formula is C13H16N4O3. The Bertz CT molecular complexity index is 530. The Morgan fingerprint density at radius 2 is 2.15 bits per heavy atom. The Kier molecular flexibility index (Phi) is 4.31. The molecule has 7 heteroatoms. The number of carbonyl (C=O) groups is 2. The second-order valence-electron chi connectivity index (χ2n) is 4.21. The normalized spacial score (nSPS) is 17.8. The van der Waals surface area contributed by atoms with E-state index in [0.29, 0.717) is 12.3 Å². The van der Waals surface area contributed by atoms with Crippen LogP contribution in [0.3, 0.4) is 0 Å². The molecule has 2 amide bonds. The summed E-state index contributed by atoms with van der Waals surface area (Å²) in [6.07, 6.45) is 0.156. The molecule has 1 atom stereocenters. The fourth-order valence-corrected chi connectivity index (χ4v) is 1.88. The van der Waals surface area contributed by atoms with E-state index in [9.17, 15) is 9.59 Å². The number of amides is 2. The number of nitrogens with zero attached hydrogens (tertiary/aromatic N) is 2. The Morgan fingerprint density at radius 3 is 2.75 bits per heavy atom. The molecule has 1 aromatic rings. The van der Waals surface area contributed by atoms with E-state index in [0.717, 1.165) is 0 Å². The van der Waals surface area contributed by atoms with Crippen LogP contribution in [0.2, 0.25) is 0 Å². The summed E-state index contributed by atoms with van der Waals surface area (Å²) in [5.74, 6) is -0.992. The fourth-order valence-electron chi connectivity index (χ4n) is 1.88. The van der Waals surface area contributed by atoms with Crippen LogP contribution in [0.1, 0.15) is 13.3 Å². The molecule has 3 N–H and O–H groups in total. The summed E-state index contributed by atoms with van der Waals surface area (Å²) < 4.78 is 0. The van der Waals surface area contributed by atoms with Crippen molar-refractivity contribution in [3.63, 3.8) is 0 Å². The first-order valence-corrected chi connectivity index (χ1v) is 6.26. The third kappa shape index (κ3) is 2.94. The highest BCUT2D eigenvalue weighted by atomic mass is 16.6. The van der Waals surface area contributed by atoms with Gasteiger partial charge < -0.3 is 5.73 Å². The maximum atomic E-state index is 11.8. The summed E-state index contributed by atoms with van der Waals surface area (Å²) in [5, 5.41) is 5.63. The summed E-state index contributed by atoms with van der Waals surface area (Å²) in [7, 11) is 0. The van der Waals surface area contributed by atoms with Crippen molar-refractivity contribution >= 4 is 23.2 Å². The van der Waals surface area contributed by atoms with Gasteiger partial charge in [0.1, 0.15) is 11.8 Å². The van der Waals surface area contributed by atoms with E-state index in [1.165, 1.54) is 5.01 Å². The Hall–Kier alpha value is -2.41. The zero-order valence-corrected chi connectivity index (χ0v) is 11.1. The number of nitrogens with one attached hydrogen (secondary N) is 1. The van der Waals surface area contributed by atoms with Gasteiger partial charge in [0.2, 0.25) is 5.91 Å². The van der Waals surface area contributed by atoms with Gasteiger partial charge in [0, 0.05) is 6.42 Å². The van der Waals surface area contributed by atoms with Gasteiger partial charge in [-0.3, -0.25) is 19.4 Å². The highest BCUT2D eigenvalue weighted by Gasteiger charge is 2.34. The number of primary amides is 1. The second kappa shape index (κ2) is 6.16. The van der Waals surface area contributed by atoms with E-state index < -0.39 is 17.9 Å². The van der Waals surface area contributed by atoms with Crippen molar-refractivity contribution in [2.45, 2.75) is 19.4 Å². The predicted molar refractivity (Wildman–Crippen MR) is 73.7 cm³/mol. The fraction of sp³-hybridized carbons (Fsp3) is 0.308. The van der Waals surface area contributed by atoms with E-state index in [1.54, 1.807) is 19.1 Å². The topological polar surface area (TPSA) is 97.0 Å². The van der Waals surface area contributed by atoms with Gasteiger partial charge in [-0.25, -0.2) is 5.48 Å². The standard InChI is InChI=1S/C13H16N4O3/c1-2-20-16-13(19)10-8-11(12(14)18)17(15-10)9-6-4-3-5-7-9/h3-7,11H,2,8H2,1H3,(H2,14,18)(H,16,19)/t11-/m0/s1. The second-order valence-corrected chi connectivity index (χ2v) is 4.21. The van der Waals surface area contributed by atoms with Gasteiger partial charge in [0.25, 0.3) is 5.91 Å². The number of hydrogen-bond acceptors (Lipinski definition) is 5. The van der Waals surface area contributed by atoms with Crippen molar-refractivity contribution in [2.24, 2.45) is 10.8 Å². The van der Waals surface area contributed by atoms with Crippen LogP contribution in [0.4, 0.5) is 5.69 Å². The van der Waals surface area contributed by atoms with Crippen molar-refractivity contribution in [1.82, 2.24) is 5.48 Å². The molecule has 0 saturated carbocycles. The Morgan fingerprint density at radius 1 is 1.45 bits per heavy atom. The lowest BCUT2D eigenvalue weighted by Gasteiger charge is -2.20. The van der Waals surface area contributed by atoms with Crippen LogP contribution < -0.4 is 16.2 Å². The summed E-state index contributed by atoms with van der Waals surface area (Å²) in [4.78, 5) is 28.1. The van der Waals surface area contributed by atoms with Gasteiger partial charge in [-0.2, -0.15) is 5.10 Å². The van der Waals surface area contributed by atoms with Crippen LogP contribution in [0.15, 0.2) is 35.4 Å². The number of para-hydroxylation sites is 1. The zero-order chi connectivity index (χ0) is 14.5. The third-order valence-electron chi connectivity index (χ3n) is 2.83. The van der Waals surface area contributed by atoms with Crippen LogP contribution in [-0.2, 0) is 14.4 Å². The van der Waals surface area contributed by atoms with Crippen molar-refractivity contribution < 1.29 is 14.4 Å². The molecule has 0 aliphatic carbocycles. The summed E-state index contributed by atoms with van der Waals surface area (Å²) in [6.45, 7) is 2.10. The number of hydrogen-bond donors (Lipinski definition) is 2. The van der Waals surface area contributed by atoms with Crippen molar-refractivity contribution in [1.29, 1.82) is 0 Å². The first-order valence-electron chi connectivity index (χ1n) is 6.26. The SMILES string of the molecule is CCONC(=O)C1=NN(c2ccccc2)[C@H](C(N)=O)C1. The molecule has 0 spiro atoms. The van der Waals surface area contributed by atoms with Crippen molar-refractivity contribution in [3.05, 3.63) is 30.3 Å². The first-order chi connectivity index (χ1) is 9.63. The van der Waals surface area contributed by atoms with Crippen molar-refractivity contribution in [3.8, 4) is 0 Å². The smallest absolute Gasteiger partial charge is 0.291 e. The molecule has 1 aliphatic rings. The van der Waals surface area contributed by atoms with Crippen molar-refractivity contribution in [2.75, 3.05) is 11.6 Å². The van der Waals surface area contributed by atoms with E-state index in [4.69, 9.17) is 10.6 Å². The summed E-state index contributed by atoms with van der Waals surface area (Å²) in [5.41, 5.74) is 8.55. The minimum absolute atomic E-state index is 0.156. The zero-order valence-electron chi connectivity index (χ0n) is 11.1. The highest BCUT2D eigenvalue weighted by Crippen LogP contribution is 2.24. The van der Waals surface area contributed by atoms with E-state index in [2.05, 4.69) is 10.6 Å². The minimum Gasteiger partial charge on any atom is -0.368 e. The lowest BCUT2D eigenvalue weighted by Crippen LogP contribution is -2.39. The molecule has 2 rings (SSSR count). The molecule has 0 radical (unpaired) electrons. The molecule has 1 heterocycles.